The zero-order chi connectivity index (χ0) is 97.5. The largest absolute Gasteiger partial charge is 0.309 e. The van der Waals surface area contributed by atoms with Gasteiger partial charge in [-0.2, -0.15) is 10.5 Å². The van der Waals surface area contributed by atoms with E-state index < -0.39 is 24.2 Å². The first kappa shape index (κ1) is 101. The van der Waals surface area contributed by atoms with Crippen molar-refractivity contribution in [1.82, 2.24) is 13.7 Å². The first-order valence-electron chi connectivity index (χ1n) is 47.8. The van der Waals surface area contributed by atoms with E-state index in [4.69, 9.17) is 26.3 Å². The van der Waals surface area contributed by atoms with Crippen LogP contribution in [0, 0.1) is 49.0 Å². The van der Waals surface area contributed by atoms with Crippen LogP contribution in [0.3, 0.4) is 0 Å². The van der Waals surface area contributed by atoms with Gasteiger partial charge in [-0.15, -0.1) is 0 Å². The molecule has 9 nitrogen and oxygen atoms in total. The van der Waals surface area contributed by atoms with Crippen molar-refractivity contribution in [3.63, 3.8) is 0 Å². The van der Waals surface area contributed by atoms with E-state index in [-0.39, 0.29) is 37.1 Å². The second-order valence-corrected chi connectivity index (χ2v) is 47.1. The quantitative estimate of drug-likeness (QED) is 0.0487. The molecule has 21 aromatic carbocycles. The molecule has 3 aromatic heterocycles. The minimum atomic E-state index is -2.85. The lowest BCUT2D eigenvalue weighted by Crippen LogP contribution is -2.75. The van der Waals surface area contributed by atoms with Crippen molar-refractivity contribution < 1.29 is 0 Å². The Morgan fingerprint density at radius 1 is 0.188 bits per heavy atom. The monoisotopic (exact) mass is 1960 g/mol. The van der Waals surface area contributed by atoms with Crippen LogP contribution >= 0.6 is 0 Å². The van der Waals surface area contributed by atoms with Gasteiger partial charge in [0.15, 0.2) is 47.0 Å². The molecule has 0 unspecified atom stereocenters. The molecule has 0 aliphatic carbocycles. The maximum atomic E-state index is 10.3. The maximum Gasteiger partial charge on any atom is 0.188 e. The molecular formula is C137H107N9Si3. The lowest BCUT2D eigenvalue weighted by atomic mass is 10.1. The van der Waals surface area contributed by atoms with Crippen molar-refractivity contribution in [2.24, 2.45) is 0 Å². The number of hydrogen-bond acceptors (Lipinski definition) is 2. The van der Waals surface area contributed by atoms with Crippen molar-refractivity contribution in [2.75, 3.05) is 0 Å². The second-order valence-electron chi connectivity index (χ2n) is 35.8. The summed E-state index contributed by atoms with van der Waals surface area (Å²) in [6.45, 7) is 30.2. The number of hydrogen-bond donors (Lipinski definition) is 0. The SMILES string of the molecule is C.C.C.C.C.[C-]#[N+]c1ccc([Si](c2ccccc2)(c2ccccc2)c2ccc(-c3cccc(-n4c5ccccc5c5cc([N+]#[C-])ccc54)c3)cc2)cc1.[C-]#[N+]c1ccc2c(c1)c1ccccc1n2-c1ccc(-c2ccc([Si](c3ccccc3)(c3ccccc3)c3ccccc3C#N)cc2)cc1.[C-]#[N+]c1ccc2c(c1)c1ccccc1n2-c1ccc(-c2ccccc2[Si](c2ccccc2)(c2ccccc2)c2ccc(C#N)cc2)cc1. The molecule has 0 radical (unpaired) electrons. The van der Waals surface area contributed by atoms with E-state index in [1.54, 1.807) is 0 Å². The van der Waals surface area contributed by atoms with Crippen LogP contribution in [0.4, 0.5) is 22.7 Å². The molecule has 0 aliphatic heterocycles. The standard InChI is InChI=1S/3C44H29N3Si.5CH4/c1-45-34-22-27-40(28-23-34)48(37-14-5-3-6-15-37,38-16-7-4-8-17-38)39-25-20-32(21-26-39)33-12-11-13-36(30-33)47-43-19-10-9-18-41(43)42-31-35(46-2)24-29-44(42)47;1-46-35-24-29-43-41(30-35)40-17-9-10-18-42(40)47(43)36-25-20-32(21-26-36)33-22-27-39(28-23-33)48(37-13-4-2-5-14-37,38-15-6-3-7-16-38)44-19-11-8-12-34(44)31-45;1-46-34-24-29-43-41(30-34)40-17-8-10-18-42(40)47(43)35-25-22-33(23-26-35)39-16-9-11-19-44(39)48(36-12-4-2-5-13-36,37-14-6-3-7-15-37)38-27-20-32(31-45)21-28-38;;;;;/h3-31H;2*2-30H;5*1H4. The summed E-state index contributed by atoms with van der Waals surface area (Å²) < 4.78 is 6.86. The number of benzene rings is 21. The third-order valence-corrected chi connectivity index (χ3v) is 42.7. The summed E-state index contributed by atoms with van der Waals surface area (Å²) in [6, 6.07) is 190. The first-order chi connectivity index (χ1) is 71.1. The number of nitrogens with zero attached hydrogens (tertiary/aromatic N) is 9. The topological polar surface area (TPSA) is 79.8 Å². The molecule has 149 heavy (non-hydrogen) atoms. The van der Waals surface area contributed by atoms with E-state index in [9.17, 15) is 10.5 Å². The molecule has 3 heterocycles. The minimum absolute atomic E-state index is 0. The minimum Gasteiger partial charge on any atom is -0.309 e. The van der Waals surface area contributed by atoms with Crippen LogP contribution in [0.5, 0.6) is 0 Å². The highest BCUT2D eigenvalue weighted by atomic mass is 28.3. The van der Waals surface area contributed by atoms with Crippen molar-refractivity contribution in [3.05, 3.63) is 585 Å². The number of nitriles is 2. The molecule has 24 aromatic rings. The van der Waals surface area contributed by atoms with E-state index >= 15 is 0 Å². The fraction of sp³-hybridized carbons (Fsp3) is 0.0365. The van der Waals surface area contributed by atoms with Gasteiger partial charge in [0.2, 0.25) is 0 Å². The van der Waals surface area contributed by atoms with Gasteiger partial charge in [-0.25, -0.2) is 19.4 Å². The van der Waals surface area contributed by atoms with E-state index in [2.05, 4.69) is 500 Å². The van der Waals surface area contributed by atoms with E-state index in [0.717, 1.165) is 115 Å². The smallest absolute Gasteiger partial charge is 0.188 e. The average Bonchev–Trinajstić information content (AvgIpc) is 1.18. The number of para-hydroxylation sites is 3. The Balaban J connectivity index is 0.000000150. The van der Waals surface area contributed by atoms with Crippen LogP contribution in [0.1, 0.15) is 48.3 Å². The zero-order valence-corrected chi connectivity index (χ0v) is 81.3. The summed E-state index contributed by atoms with van der Waals surface area (Å²) in [4.78, 5) is 14.7. The third kappa shape index (κ3) is 18.2. The van der Waals surface area contributed by atoms with Gasteiger partial charge in [-0.3, -0.25) is 0 Å². The van der Waals surface area contributed by atoms with Gasteiger partial charge in [0.05, 0.1) is 82.7 Å². The predicted molar refractivity (Wildman–Crippen MR) is 638 cm³/mol. The average molecular weight is 1960 g/mol. The molecule has 0 saturated carbocycles. The van der Waals surface area contributed by atoms with Crippen LogP contribution < -0.4 is 62.2 Å². The lowest BCUT2D eigenvalue weighted by Gasteiger charge is -2.36. The Kier molecular flexibility index (Phi) is 30.0. The van der Waals surface area contributed by atoms with Crippen molar-refractivity contribution in [3.8, 4) is 62.6 Å². The third-order valence-electron chi connectivity index (χ3n) is 28.2. The Hall–Kier alpha value is -19.4. The number of rotatable bonds is 18. The van der Waals surface area contributed by atoms with Crippen molar-refractivity contribution >= 4 is 175 Å². The van der Waals surface area contributed by atoms with Gasteiger partial charge in [0, 0.05) is 33.2 Å². The van der Waals surface area contributed by atoms with E-state index in [1.807, 2.05) is 72.8 Å². The summed E-state index contributed by atoms with van der Waals surface area (Å²) in [6.07, 6.45) is 0. The molecule has 712 valence electrons. The fourth-order valence-corrected chi connectivity index (χ4v) is 36.3. The van der Waals surface area contributed by atoms with Crippen molar-refractivity contribution in [1.29, 1.82) is 10.5 Å². The summed E-state index contributed by atoms with van der Waals surface area (Å²) in [5, 5.41) is 41.7. The molecule has 0 spiro atoms. The van der Waals surface area contributed by atoms with Gasteiger partial charge < -0.3 is 13.7 Å². The van der Waals surface area contributed by atoms with Crippen LogP contribution in [0.25, 0.3) is 135 Å². The summed E-state index contributed by atoms with van der Waals surface area (Å²) in [7, 11) is -8.40. The number of aromatic nitrogens is 3. The Morgan fingerprint density at radius 2 is 0.463 bits per heavy atom. The summed E-state index contributed by atoms with van der Waals surface area (Å²) in [5.74, 6) is 0. The summed E-state index contributed by atoms with van der Waals surface area (Å²) in [5.41, 5.74) is 20.6. The molecule has 0 fully saturated rings. The molecule has 0 bridgehead atoms. The zero-order valence-electron chi connectivity index (χ0n) is 78.3. The Morgan fingerprint density at radius 3 is 0.839 bits per heavy atom. The van der Waals surface area contributed by atoms with Gasteiger partial charge in [0.25, 0.3) is 0 Å². The maximum absolute atomic E-state index is 10.3. The number of fused-ring (bicyclic) bond motifs is 9. The fourth-order valence-electron chi connectivity index (χ4n) is 21.8. The molecule has 0 amide bonds. The van der Waals surface area contributed by atoms with Gasteiger partial charge >= 0.3 is 0 Å². The van der Waals surface area contributed by atoms with Gasteiger partial charge in [-0.05, 0) is 221 Å². The van der Waals surface area contributed by atoms with Crippen LogP contribution in [0.2, 0.25) is 0 Å². The molecular weight excluding hydrogens is 1860 g/mol. The highest BCUT2D eigenvalue weighted by molar-refractivity contribution is 7.21. The van der Waals surface area contributed by atoms with E-state index in [1.165, 1.54) is 62.6 Å². The normalized spacial score (nSPS) is 10.9. The molecule has 0 saturated heterocycles. The van der Waals surface area contributed by atoms with Crippen molar-refractivity contribution in [2.45, 2.75) is 37.1 Å². The molecule has 0 aliphatic rings. The molecule has 12 heteroatoms. The van der Waals surface area contributed by atoms with Gasteiger partial charge in [-0.1, -0.05) is 456 Å². The van der Waals surface area contributed by atoms with Crippen LogP contribution in [0.15, 0.2) is 528 Å². The van der Waals surface area contributed by atoms with Crippen LogP contribution in [-0.2, 0) is 0 Å². The lowest BCUT2D eigenvalue weighted by molar-refractivity contribution is 1.18. The molecule has 0 atom stereocenters. The Labute approximate surface area is 876 Å². The molecule has 24 rings (SSSR count). The van der Waals surface area contributed by atoms with Gasteiger partial charge in [0.1, 0.15) is 0 Å². The molecule has 0 N–H and O–H groups in total. The summed E-state index contributed by atoms with van der Waals surface area (Å²) >= 11 is 0. The highest BCUT2D eigenvalue weighted by Crippen LogP contribution is 2.40. The highest BCUT2D eigenvalue weighted by Gasteiger charge is 2.46. The Bertz CT molecular complexity index is 9090. The second kappa shape index (κ2) is 44.2. The predicted octanol–water partition coefficient (Wildman–Crippen LogP) is 28.6. The van der Waals surface area contributed by atoms with E-state index in [0.29, 0.717) is 33.9 Å². The van der Waals surface area contributed by atoms with Crippen LogP contribution in [-0.4, -0.2) is 37.9 Å². The first-order valence-corrected chi connectivity index (χ1v) is 53.8.